The van der Waals surface area contributed by atoms with E-state index in [2.05, 4.69) is 53.2 Å². The maximum Gasteiger partial charge on any atom is 0.0367 e. The molecule has 0 aliphatic heterocycles. The van der Waals surface area contributed by atoms with Gasteiger partial charge in [0.25, 0.3) is 0 Å². The van der Waals surface area contributed by atoms with Crippen LogP contribution < -0.4 is 0 Å². The molecule has 2 rings (SSSR count). The standard InChI is InChI=1S/C14H17Br/c1-11(15)12-7-9-14(10-8-12)13-5-3-2-4-6-13/h5,7-11H,2-4,6H2,1H3. The molecule has 0 spiro atoms. The Kier molecular flexibility index (Phi) is 3.63. The number of rotatable bonds is 2. The van der Waals surface area contributed by atoms with Crippen molar-refractivity contribution in [3.63, 3.8) is 0 Å². The van der Waals surface area contributed by atoms with Crippen molar-refractivity contribution in [1.29, 1.82) is 0 Å². The number of benzene rings is 1. The summed E-state index contributed by atoms with van der Waals surface area (Å²) in [4.78, 5) is 0.451. The number of halogens is 1. The van der Waals surface area contributed by atoms with Crippen molar-refractivity contribution in [2.45, 2.75) is 37.4 Å². The molecule has 0 amide bonds. The van der Waals surface area contributed by atoms with Gasteiger partial charge in [-0.3, -0.25) is 0 Å². The molecule has 1 unspecified atom stereocenters. The smallest absolute Gasteiger partial charge is 0.0367 e. The van der Waals surface area contributed by atoms with Gasteiger partial charge in [-0.1, -0.05) is 46.3 Å². The van der Waals surface area contributed by atoms with Crippen LogP contribution in [-0.4, -0.2) is 0 Å². The number of allylic oxidation sites excluding steroid dienone is 2. The van der Waals surface area contributed by atoms with Crippen LogP contribution in [0.3, 0.4) is 0 Å². The first-order chi connectivity index (χ1) is 7.27. The summed E-state index contributed by atoms with van der Waals surface area (Å²) < 4.78 is 0. The van der Waals surface area contributed by atoms with Crippen LogP contribution in [0.1, 0.15) is 48.6 Å². The average Bonchev–Trinajstić information content (AvgIpc) is 2.30. The molecule has 1 aromatic rings. The molecular formula is C14H17Br. The normalized spacial score (nSPS) is 18.4. The topological polar surface area (TPSA) is 0 Å². The molecule has 0 aromatic heterocycles. The van der Waals surface area contributed by atoms with E-state index in [1.807, 2.05) is 0 Å². The monoisotopic (exact) mass is 264 g/mol. The van der Waals surface area contributed by atoms with Gasteiger partial charge in [0.15, 0.2) is 0 Å². The van der Waals surface area contributed by atoms with Crippen molar-refractivity contribution < 1.29 is 0 Å². The predicted molar refractivity (Wildman–Crippen MR) is 70.2 cm³/mol. The van der Waals surface area contributed by atoms with Crippen LogP contribution in [0, 0.1) is 0 Å². The molecule has 1 aliphatic carbocycles. The van der Waals surface area contributed by atoms with E-state index in [1.54, 1.807) is 0 Å². The van der Waals surface area contributed by atoms with Crippen molar-refractivity contribution in [2.24, 2.45) is 0 Å². The van der Waals surface area contributed by atoms with E-state index in [-0.39, 0.29) is 0 Å². The van der Waals surface area contributed by atoms with Gasteiger partial charge in [0.05, 0.1) is 0 Å². The van der Waals surface area contributed by atoms with E-state index in [0.29, 0.717) is 4.83 Å². The van der Waals surface area contributed by atoms with Crippen LogP contribution in [-0.2, 0) is 0 Å². The summed E-state index contributed by atoms with van der Waals surface area (Å²) in [6, 6.07) is 8.96. The highest BCUT2D eigenvalue weighted by atomic mass is 79.9. The highest BCUT2D eigenvalue weighted by Gasteiger charge is 2.06. The van der Waals surface area contributed by atoms with Gasteiger partial charge in [-0.05, 0) is 49.3 Å². The molecule has 1 atom stereocenters. The minimum absolute atomic E-state index is 0.451. The summed E-state index contributed by atoms with van der Waals surface area (Å²) in [6.45, 7) is 2.16. The summed E-state index contributed by atoms with van der Waals surface area (Å²) >= 11 is 3.59. The minimum atomic E-state index is 0.451. The number of hydrogen-bond acceptors (Lipinski definition) is 0. The molecule has 15 heavy (non-hydrogen) atoms. The van der Waals surface area contributed by atoms with Crippen molar-refractivity contribution in [2.75, 3.05) is 0 Å². The third-order valence-electron chi connectivity index (χ3n) is 3.03. The molecule has 0 saturated carbocycles. The molecule has 0 fully saturated rings. The maximum absolute atomic E-state index is 3.59. The molecule has 80 valence electrons. The molecule has 1 aromatic carbocycles. The molecule has 0 nitrogen and oxygen atoms in total. The lowest BCUT2D eigenvalue weighted by Gasteiger charge is -2.13. The summed E-state index contributed by atoms with van der Waals surface area (Å²) in [5.74, 6) is 0. The summed E-state index contributed by atoms with van der Waals surface area (Å²) in [6.07, 6.45) is 7.62. The lowest BCUT2D eigenvalue weighted by molar-refractivity contribution is 0.742. The van der Waals surface area contributed by atoms with Crippen molar-refractivity contribution in [3.8, 4) is 0 Å². The maximum atomic E-state index is 3.59. The predicted octanol–water partition coefficient (Wildman–Crippen LogP) is 5.10. The van der Waals surface area contributed by atoms with Gasteiger partial charge in [0.2, 0.25) is 0 Å². The van der Waals surface area contributed by atoms with E-state index >= 15 is 0 Å². The molecule has 0 heterocycles. The highest BCUT2D eigenvalue weighted by molar-refractivity contribution is 9.09. The first kappa shape index (κ1) is 10.9. The number of hydrogen-bond donors (Lipinski definition) is 0. The van der Waals surface area contributed by atoms with Gasteiger partial charge in [-0.25, -0.2) is 0 Å². The summed E-state index contributed by atoms with van der Waals surface area (Å²) in [5, 5.41) is 0. The van der Waals surface area contributed by atoms with Crippen LogP contribution in [0.15, 0.2) is 30.3 Å². The molecule has 0 saturated heterocycles. The third-order valence-corrected chi connectivity index (χ3v) is 3.56. The zero-order valence-electron chi connectivity index (χ0n) is 9.17. The summed E-state index contributed by atoms with van der Waals surface area (Å²) in [7, 11) is 0. The lowest BCUT2D eigenvalue weighted by atomic mass is 9.93. The molecule has 0 bridgehead atoms. The molecule has 0 N–H and O–H groups in total. The van der Waals surface area contributed by atoms with E-state index in [9.17, 15) is 0 Å². The second-order valence-electron chi connectivity index (χ2n) is 4.21. The molecular weight excluding hydrogens is 248 g/mol. The summed E-state index contributed by atoms with van der Waals surface area (Å²) in [5.41, 5.74) is 4.30. The van der Waals surface area contributed by atoms with E-state index in [0.717, 1.165) is 0 Å². The largest absolute Gasteiger partial charge is 0.0842 e. The van der Waals surface area contributed by atoms with Gasteiger partial charge in [0, 0.05) is 4.83 Å². The lowest BCUT2D eigenvalue weighted by Crippen LogP contribution is -1.92. The van der Waals surface area contributed by atoms with Crippen LogP contribution >= 0.6 is 15.9 Å². The fraction of sp³-hybridized carbons (Fsp3) is 0.429. The van der Waals surface area contributed by atoms with E-state index in [1.165, 1.54) is 42.4 Å². The van der Waals surface area contributed by atoms with Crippen molar-refractivity contribution >= 4 is 21.5 Å². The van der Waals surface area contributed by atoms with Crippen LogP contribution in [0.4, 0.5) is 0 Å². The first-order valence-corrected chi connectivity index (χ1v) is 6.62. The van der Waals surface area contributed by atoms with Crippen molar-refractivity contribution in [3.05, 3.63) is 41.5 Å². The second kappa shape index (κ2) is 4.98. The van der Waals surface area contributed by atoms with Gasteiger partial charge in [-0.15, -0.1) is 0 Å². The Morgan fingerprint density at radius 1 is 1.13 bits per heavy atom. The zero-order valence-corrected chi connectivity index (χ0v) is 10.8. The molecule has 1 aliphatic rings. The Hall–Kier alpha value is -0.560. The fourth-order valence-corrected chi connectivity index (χ4v) is 2.37. The fourth-order valence-electron chi connectivity index (χ4n) is 2.06. The van der Waals surface area contributed by atoms with Gasteiger partial charge in [-0.2, -0.15) is 0 Å². The Balaban J connectivity index is 2.19. The SMILES string of the molecule is CC(Br)c1ccc(C2=CCCCC2)cc1. The van der Waals surface area contributed by atoms with Gasteiger partial charge in [0.1, 0.15) is 0 Å². The quantitative estimate of drug-likeness (QED) is 0.652. The Bertz CT molecular complexity index is 346. The third kappa shape index (κ3) is 2.72. The first-order valence-electron chi connectivity index (χ1n) is 5.71. The average molecular weight is 265 g/mol. The Morgan fingerprint density at radius 3 is 2.40 bits per heavy atom. The number of alkyl halides is 1. The molecule has 0 radical (unpaired) electrons. The zero-order chi connectivity index (χ0) is 10.7. The van der Waals surface area contributed by atoms with Crippen LogP contribution in [0.2, 0.25) is 0 Å². The minimum Gasteiger partial charge on any atom is -0.0842 e. The second-order valence-corrected chi connectivity index (χ2v) is 5.59. The van der Waals surface area contributed by atoms with Crippen molar-refractivity contribution in [1.82, 2.24) is 0 Å². The van der Waals surface area contributed by atoms with Crippen LogP contribution in [0.5, 0.6) is 0 Å². The van der Waals surface area contributed by atoms with E-state index in [4.69, 9.17) is 0 Å². The highest BCUT2D eigenvalue weighted by Crippen LogP contribution is 2.28. The van der Waals surface area contributed by atoms with E-state index < -0.39 is 0 Å². The van der Waals surface area contributed by atoms with Gasteiger partial charge < -0.3 is 0 Å². The Labute approximate surface area is 101 Å². The van der Waals surface area contributed by atoms with Crippen LogP contribution in [0.25, 0.3) is 5.57 Å². The molecule has 1 heteroatoms. The van der Waals surface area contributed by atoms with Gasteiger partial charge >= 0.3 is 0 Å². The Morgan fingerprint density at radius 2 is 1.87 bits per heavy atom.